The van der Waals surface area contributed by atoms with Gasteiger partial charge in [-0.1, -0.05) is 91.0 Å². The van der Waals surface area contributed by atoms with Gasteiger partial charge in [0.25, 0.3) is 0 Å². The minimum Gasteiger partial charge on any atom is -0.361 e. The second-order valence-electron chi connectivity index (χ2n) is 6.44. The second kappa shape index (κ2) is 8.74. The summed E-state index contributed by atoms with van der Waals surface area (Å²) < 4.78 is 0. The molecule has 6 aromatic rings. The molecule has 136 valence electrons. The Balaban J connectivity index is 0.000000112. The molecule has 0 aliphatic rings. The monoisotopic (exact) mass is 362 g/mol. The number of para-hydroxylation sites is 3. The van der Waals surface area contributed by atoms with E-state index >= 15 is 0 Å². The van der Waals surface area contributed by atoms with Crippen molar-refractivity contribution >= 4 is 32.7 Å². The zero-order valence-corrected chi connectivity index (χ0v) is 15.5. The fourth-order valence-corrected chi connectivity index (χ4v) is 3.18. The Bertz CT molecular complexity index is 1160. The summed E-state index contributed by atoms with van der Waals surface area (Å²) in [6.07, 6.45) is 1.95. The molecular formula is C26H22N2. The molecule has 28 heavy (non-hydrogen) atoms. The van der Waals surface area contributed by atoms with Gasteiger partial charge in [-0.15, -0.1) is 0 Å². The molecule has 0 atom stereocenters. The molecule has 0 aliphatic carbocycles. The topological polar surface area (TPSA) is 31.6 Å². The number of fused-ring (bicyclic) bond motifs is 4. The van der Waals surface area contributed by atoms with Crippen molar-refractivity contribution in [2.24, 2.45) is 0 Å². The molecule has 2 nitrogen and oxygen atoms in total. The molecule has 0 radical (unpaired) electrons. The largest absolute Gasteiger partial charge is 0.361 e. The van der Waals surface area contributed by atoms with Crippen LogP contribution in [0, 0.1) is 0 Å². The van der Waals surface area contributed by atoms with Crippen LogP contribution in [0.3, 0.4) is 0 Å². The smallest absolute Gasteiger partial charge is 0.0464 e. The Morgan fingerprint density at radius 1 is 0.393 bits per heavy atom. The van der Waals surface area contributed by atoms with Crippen molar-refractivity contribution in [1.82, 2.24) is 9.97 Å². The summed E-state index contributed by atoms with van der Waals surface area (Å²) in [4.78, 5) is 6.50. The molecular weight excluding hydrogens is 340 g/mol. The maximum Gasteiger partial charge on any atom is 0.0464 e. The summed E-state index contributed by atoms with van der Waals surface area (Å²) >= 11 is 0. The van der Waals surface area contributed by atoms with E-state index in [1.54, 1.807) is 0 Å². The van der Waals surface area contributed by atoms with Crippen LogP contribution in [0.4, 0.5) is 0 Å². The van der Waals surface area contributed by atoms with Gasteiger partial charge < -0.3 is 9.97 Å². The van der Waals surface area contributed by atoms with Crippen LogP contribution in [-0.4, -0.2) is 9.97 Å². The van der Waals surface area contributed by atoms with E-state index in [2.05, 4.69) is 76.7 Å². The van der Waals surface area contributed by atoms with Gasteiger partial charge in [0.2, 0.25) is 0 Å². The highest BCUT2D eigenvalue weighted by atomic mass is 14.7. The third kappa shape index (κ3) is 4.13. The SMILES string of the molecule is c1ccc2[nH]ccc2c1.c1ccc2c(c1)[nH]c1ccccc12.c1ccccc1. The highest BCUT2D eigenvalue weighted by Gasteiger charge is 2.00. The molecule has 2 heteroatoms. The summed E-state index contributed by atoms with van der Waals surface area (Å²) in [5, 5.41) is 3.88. The first-order valence-corrected chi connectivity index (χ1v) is 9.39. The highest BCUT2D eigenvalue weighted by molar-refractivity contribution is 6.06. The van der Waals surface area contributed by atoms with Crippen LogP contribution in [0.5, 0.6) is 0 Å². The lowest BCUT2D eigenvalue weighted by Crippen LogP contribution is -1.62. The lowest BCUT2D eigenvalue weighted by Gasteiger charge is -1.87. The maximum absolute atomic E-state index is 3.38. The predicted octanol–water partition coefficient (Wildman–Crippen LogP) is 7.18. The molecule has 2 heterocycles. The average molecular weight is 362 g/mol. The number of hydrogen-bond acceptors (Lipinski definition) is 0. The number of aromatic amines is 2. The van der Waals surface area contributed by atoms with Crippen LogP contribution in [0.1, 0.15) is 0 Å². The van der Waals surface area contributed by atoms with Crippen LogP contribution >= 0.6 is 0 Å². The van der Waals surface area contributed by atoms with Crippen LogP contribution in [0.15, 0.2) is 121 Å². The van der Waals surface area contributed by atoms with Crippen LogP contribution in [-0.2, 0) is 0 Å². The van der Waals surface area contributed by atoms with Crippen molar-refractivity contribution in [3.63, 3.8) is 0 Å². The van der Waals surface area contributed by atoms with Gasteiger partial charge in [-0.25, -0.2) is 0 Å². The van der Waals surface area contributed by atoms with Crippen molar-refractivity contribution in [2.45, 2.75) is 0 Å². The van der Waals surface area contributed by atoms with Gasteiger partial charge in [-0.3, -0.25) is 0 Å². The molecule has 0 unspecified atom stereocenters. The van der Waals surface area contributed by atoms with E-state index < -0.39 is 0 Å². The molecule has 0 fully saturated rings. The van der Waals surface area contributed by atoms with Gasteiger partial charge in [0.05, 0.1) is 0 Å². The minimum atomic E-state index is 1.21. The number of H-pyrrole nitrogens is 2. The summed E-state index contributed by atoms with van der Waals surface area (Å²) in [5.74, 6) is 0. The third-order valence-corrected chi connectivity index (χ3v) is 4.54. The second-order valence-corrected chi connectivity index (χ2v) is 6.44. The van der Waals surface area contributed by atoms with E-state index in [0.29, 0.717) is 0 Å². The number of benzene rings is 4. The van der Waals surface area contributed by atoms with E-state index in [9.17, 15) is 0 Å². The van der Waals surface area contributed by atoms with E-state index in [1.165, 1.54) is 32.7 Å². The van der Waals surface area contributed by atoms with Crippen molar-refractivity contribution in [3.05, 3.63) is 121 Å². The maximum atomic E-state index is 3.38. The first kappa shape index (κ1) is 17.6. The molecule has 6 rings (SSSR count). The summed E-state index contributed by atoms with van der Waals surface area (Å²) in [5.41, 5.74) is 3.63. The summed E-state index contributed by atoms with van der Waals surface area (Å²) in [6, 6.07) is 39.0. The molecule has 0 amide bonds. The Morgan fingerprint density at radius 3 is 1.39 bits per heavy atom. The van der Waals surface area contributed by atoms with Crippen molar-refractivity contribution in [3.8, 4) is 0 Å². The van der Waals surface area contributed by atoms with E-state index in [1.807, 2.05) is 54.7 Å². The van der Waals surface area contributed by atoms with Crippen LogP contribution in [0.25, 0.3) is 32.7 Å². The molecule has 4 aromatic carbocycles. The van der Waals surface area contributed by atoms with E-state index in [0.717, 1.165) is 0 Å². The lowest BCUT2D eigenvalue weighted by molar-refractivity contribution is 1.48. The van der Waals surface area contributed by atoms with E-state index in [-0.39, 0.29) is 0 Å². The first-order valence-electron chi connectivity index (χ1n) is 9.39. The molecule has 0 bridgehead atoms. The number of hydrogen-bond donors (Lipinski definition) is 2. The number of rotatable bonds is 0. The Hall–Kier alpha value is -3.78. The van der Waals surface area contributed by atoms with Gasteiger partial charge in [0.15, 0.2) is 0 Å². The number of aromatic nitrogens is 2. The summed E-state index contributed by atoms with van der Waals surface area (Å²) in [6.45, 7) is 0. The zero-order chi connectivity index (χ0) is 19.0. The zero-order valence-electron chi connectivity index (χ0n) is 15.5. The van der Waals surface area contributed by atoms with Gasteiger partial charge in [-0.05, 0) is 29.7 Å². The third-order valence-electron chi connectivity index (χ3n) is 4.54. The Morgan fingerprint density at radius 2 is 0.857 bits per heavy atom. The Labute approximate surface area is 164 Å². The van der Waals surface area contributed by atoms with Crippen molar-refractivity contribution < 1.29 is 0 Å². The molecule has 0 spiro atoms. The van der Waals surface area contributed by atoms with Gasteiger partial charge in [0, 0.05) is 33.5 Å². The highest BCUT2D eigenvalue weighted by Crippen LogP contribution is 2.24. The predicted molar refractivity (Wildman–Crippen MR) is 121 cm³/mol. The lowest BCUT2D eigenvalue weighted by atomic mass is 10.2. The molecule has 0 saturated heterocycles. The first-order chi connectivity index (χ1) is 13.9. The summed E-state index contributed by atoms with van der Waals surface area (Å²) in [7, 11) is 0. The van der Waals surface area contributed by atoms with Gasteiger partial charge in [-0.2, -0.15) is 0 Å². The van der Waals surface area contributed by atoms with Crippen molar-refractivity contribution in [2.75, 3.05) is 0 Å². The normalized spacial score (nSPS) is 10.1. The molecule has 0 saturated carbocycles. The minimum absolute atomic E-state index is 1.21. The van der Waals surface area contributed by atoms with Gasteiger partial charge >= 0.3 is 0 Å². The fourth-order valence-electron chi connectivity index (χ4n) is 3.18. The molecule has 0 aliphatic heterocycles. The standard InChI is InChI=1S/C12H9N.C8H7N.C6H6/c1-3-7-11-9(5-1)10-6-2-4-8-12(10)13-11;1-2-4-8-7(3-1)5-6-9-8;1-2-4-6-5-3-1/h1-8,13H;1-6,9H;1-6H. The Kier molecular flexibility index (Phi) is 5.50. The number of nitrogens with one attached hydrogen (secondary N) is 2. The van der Waals surface area contributed by atoms with E-state index in [4.69, 9.17) is 0 Å². The molecule has 2 aromatic heterocycles. The van der Waals surface area contributed by atoms with Gasteiger partial charge in [0.1, 0.15) is 0 Å². The quantitative estimate of drug-likeness (QED) is 0.287. The van der Waals surface area contributed by atoms with Crippen LogP contribution < -0.4 is 0 Å². The fraction of sp³-hybridized carbons (Fsp3) is 0. The van der Waals surface area contributed by atoms with Crippen LogP contribution in [0.2, 0.25) is 0 Å². The van der Waals surface area contributed by atoms with Crippen molar-refractivity contribution in [1.29, 1.82) is 0 Å². The molecule has 2 N–H and O–H groups in total. The average Bonchev–Trinajstić information content (AvgIpc) is 3.40.